The Morgan fingerprint density at radius 1 is 1.38 bits per heavy atom. The minimum absolute atomic E-state index is 0.0928. The van der Waals surface area contributed by atoms with Gasteiger partial charge < -0.3 is 11.1 Å². The molecule has 1 rings (SSSR count). The number of nitrogens with two attached hydrogens (primary N) is 1. The van der Waals surface area contributed by atoms with Crippen LogP contribution in [0.25, 0.3) is 0 Å². The van der Waals surface area contributed by atoms with Crippen molar-refractivity contribution < 1.29 is 4.79 Å². The average molecular weight is 238 g/mol. The van der Waals surface area contributed by atoms with E-state index < -0.39 is 0 Å². The second kappa shape index (κ2) is 7.17. The van der Waals surface area contributed by atoms with Crippen molar-refractivity contribution in [2.75, 3.05) is 18.0 Å². The summed E-state index contributed by atoms with van der Waals surface area (Å²) in [6.45, 7) is 2.88. The molecule has 0 bridgehead atoms. The van der Waals surface area contributed by atoms with Crippen LogP contribution in [-0.4, -0.2) is 18.2 Å². The zero-order valence-corrected chi connectivity index (χ0v) is 10.3. The molecule has 0 saturated heterocycles. The van der Waals surface area contributed by atoms with E-state index >= 15 is 0 Å². The summed E-state index contributed by atoms with van der Waals surface area (Å²) in [4.78, 5) is 12.5. The molecule has 3 nitrogen and oxygen atoms in total. The second-order valence-electron chi connectivity index (χ2n) is 3.56. The first-order valence-corrected chi connectivity index (χ1v) is 6.46. The van der Waals surface area contributed by atoms with Crippen LogP contribution in [0.4, 0.5) is 5.69 Å². The summed E-state index contributed by atoms with van der Waals surface area (Å²) in [6.07, 6.45) is 2.14. The van der Waals surface area contributed by atoms with Crippen molar-refractivity contribution in [3.63, 3.8) is 0 Å². The Hall–Kier alpha value is -1.16. The number of hydrogen-bond acceptors (Lipinski definition) is 3. The molecule has 1 aromatic rings. The third-order valence-electron chi connectivity index (χ3n) is 2.10. The number of carbonyl (C=O) groups excluding carboxylic acids is 1. The summed E-state index contributed by atoms with van der Waals surface area (Å²) in [5.74, 6) is 0.559. The topological polar surface area (TPSA) is 55.1 Å². The average Bonchev–Trinajstić information content (AvgIpc) is 2.29. The molecule has 1 amide bonds. The van der Waals surface area contributed by atoms with Crippen LogP contribution >= 0.6 is 11.8 Å². The third kappa shape index (κ3) is 5.07. The van der Waals surface area contributed by atoms with Gasteiger partial charge in [0, 0.05) is 17.1 Å². The van der Waals surface area contributed by atoms with Gasteiger partial charge in [-0.05, 0) is 30.7 Å². The summed E-state index contributed by atoms with van der Waals surface area (Å²) in [7, 11) is 0. The van der Waals surface area contributed by atoms with E-state index in [1.165, 1.54) is 11.8 Å². The van der Waals surface area contributed by atoms with Crippen LogP contribution in [-0.2, 0) is 4.79 Å². The van der Waals surface area contributed by atoms with E-state index in [-0.39, 0.29) is 5.91 Å². The molecule has 88 valence electrons. The lowest BCUT2D eigenvalue weighted by Crippen LogP contribution is -2.25. The van der Waals surface area contributed by atoms with Gasteiger partial charge >= 0.3 is 0 Å². The molecule has 0 radical (unpaired) electrons. The fourth-order valence-corrected chi connectivity index (χ4v) is 1.90. The molecule has 0 aliphatic carbocycles. The van der Waals surface area contributed by atoms with Crippen molar-refractivity contribution in [3.05, 3.63) is 24.3 Å². The Kier molecular flexibility index (Phi) is 5.78. The Morgan fingerprint density at radius 3 is 2.69 bits per heavy atom. The second-order valence-corrected chi connectivity index (χ2v) is 4.61. The van der Waals surface area contributed by atoms with Crippen molar-refractivity contribution in [1.29, 1.82) is 0 Å². The number of carbonyl (C=O) groups is 1. The molecule has 4 heteroatoms. The molecule has 0 fully saturated rings. The molecule has 0 heterocycles. The summed E-state index contributed by atoms with van der Waals surface area (Å²) < 4.78 is 0. The van der Waals surface area contributed by atoms with Crippen LogP contribution in [0.2, 0.25) is 0 Å². The van der Waals surface area contributed by atoms with Gasteiger partial charge in [0.2, 0.25) is 5.91 Å². The maximum Gasteiger partial charge on any atom is 0.230 e. The number of thioether (sulfide) groups is 1. The van der Waals surface area contributed by atoms with Gasteiger partial charge in [0.25, 0.3) is 0 Å². The zero-order chi connectivity index (χ0) is 11.8. The highest BCUT2D eigenvalue weighted by Crippen LogP contribution is 2.18. The van der Waals surface area contributed by atoms with Gasteiger partial charge in [-0.1, -0.05) is 13.3 Å². The smallest absolute Gasteiger partial charge is 0.230 e. The van der Waals surface area contributed by atoms with Gasteiger partial charge in [0.15, 0.2) is 0 Å². The zero-order valence-electron chi connectivity index (χ0n) is 9.53. The summed E-state index contributed by atoms with van der Waals surface area (Å²) in [6, 6.07) is 7.55. The molecule has 0 spiro atoms. The third-order valence-corrected chi connectivity index (χ3v) is 3.11. The first-order valence-electron chi connectivity index (χ1n) is 5.47. The molecule has 0 aliphatic rings. The standard InChI is InChI=1S/C12H18N2OS/c1-2-3-8-14-12(15)9-16-11-6-4-10(13)5-7-11/h4-7H,2-3,8-9,13H2,1H3,(H,14,15). The van der Waals surface area contributed by atoms with Crippen LogP contribution in [0.15, 0.2) is 29.2 Å². The van der Waals surface area contributed by atoms with Crippen LogP contribution in [0.1, 0.15) is 19.8 Å². The molecule has 0 aromatic heterocycles. The predicted molar refractivity (Wildman–Crippen MR) is 69.5 cm³/mol. The van der Waals surface area contributed by atoms with Gasteiger partial charge in [-0.25, -0.2) is 0 Å². The number of rotatable bonds is 6. The van der Waals surface area contributed by atoms with Gasteiger partial charge in [0.1, 0.15) is 0 Å². The monoisotopic (exact) mass is 238 g/mol. The van der Waals surface area contributed by atoms with Crippen molar-refractivity contribution in [3.8, 4) is 0 Å². The van der Waals surface area contributed by atoms with Crippen molar-refractivity contribution in [1.82, 2.24) is 5.32 Å². The van der Waals surface area contributed by atoms with Crippen LogP contribution in [0.5, 0.6) is 0 Å². The van der Waals surface area contributed by atoms with E-state index in [2.05, 4.69) is 12.2 Å². The molecular formula is C12H18N2OS. The highest BCUT2D eigenvalue weighted by atomic mass is 32.2. The molecular weight excluding hydrogens is 220 g/mol. The maximum atomic E-state index is 11.4. The molecule has 0 aliphatic heterocycles. The SMILES string of the molecule is CCCCNC(=O)CSc1ccc(N)cc1. The van der Waals surface area contributed by atoms with Gasteiger partial charge in [-0.3, -0.25) is 4.79 Å². The van der Waals surface area contributed by atoms with E-state index in [1.54, 1.807) is 0 Å². The van der Waals surface area contributed by atoms with E-state index in [0.717, 1.165) is 30.0 Å². The van der Waals surface area contributed by atoms with Crippen molar-refractivity contribution in [2.45, 2.75) is 24.7 Å². The highest BCUT2D eigenvalue weighted by Gasteiger charge is 2.01. The minimum Gasteiger partial charge on any atom is -0.399 e. The number of amides is 1. The number of benzene rings is 1. The van der Waals surface area contributed by atoms with Crippen LogP contribution < -0.4 is 11.1 Å². The molecule has 0 unspecified atom stereocenters. The predicted octanol–water partition coefficient (Wildman–Crippen LogP) is 2.28. The number of hydrogen-bond donors (Lipinski definition) is 2. The van der Waals surface area contributed by atoms with Gasteiger partial charge in [-0.15, -0.1) is 11.8 Å². The largest absolute Gasteiger partial charge is 0.399 e. The number of unbranched alkanes of at least 4 members (excludes halogenated alkanes) is 1. The van der Waals surface area contributed by atoms with Crippen molar-refractivity contribution >= 4 is 23.4 Å². The van der Waals surface area contributed by atoms with Crippen molar-refractivity contribution in [2.24, 2.45) is 0 Å². The fourth-order valence-electron chi connectivity index (χ4n) is 1.17. The molecule has 0 atom stereocenters. The van der Waals surface area contributed by atoms with Crippen LogP contribution in [0.3, 0.4) is 0 Å². The first kappa shape index (κ1) is 12.9. The Morgan fingerprint density at radius 2 is 2.06 bits per heavy atom. The maximum absolute atomic E-state index is 11.4. The highest BCUT2D eigenvalue weighted by molar-refractivity contribution is 8.00. The Bertz CT molecular complexity index is 324. The number of anilines is 1. The van der Waals surface area contributed by atoms with E-state index in [4.69, 9.17) is 5.73 Å². The first-order chi connectivity index (χ1) is 7.72. The molecule has 0 saturated carbocycles. The molecule has 3 N–H and O–H groups in total. The molecule has 1 aromatic carbocycles. The van der Waals surface area contributed by atoms with Gasteiger partial charge in [-0.2, -0.15) is 0 Å². The Balaban J connectivity index is 2.23. The lowest BCUT2D eigenvalue weighted by Gasteiger charge is -2.04. The van der Waals surface area contributed by atoms with E-state index in [1.807, 2.05) is 24.3 Å². The van der Waals surface area contributed by atoms with E-state index in [9.17, 15) is 4.79 Å². The summed E-state index contributed by atoms with van der Waals surface area (Å²) >= 11 is 1.53. The summed E-state index contributed by atoms with van der Waals surface area (Å²) in [5.41, 5.74) is 6.32. The lowest BCUT2D eigenvalue weighted by atomic mass is 10.3. The molecule has 16 heavy (non-hydrogen) atoms. The Labute approximate surface area is 101 Å². The number of nitrogen functional groups attached to an aromatic ring is 1. The van der Waals surface area contributed by atoms with E-state index in [0.29, 0.717) is 5.75 Å². The quantitative estimate of drug-likeness (QED) is 0.454. The minimum atomic E-state index is 0.0928. The summed E-state index contributed by atoms with van der Waals surface area (Å²) in [5, 5.41) is 2.88. The fraction of sp³-hybridized carbons (Fsp3) is 0.417. The van der Waals surface area contributed by atoms with Crippen LogP contribution in [0, 0.1) is 0 Å². The number of nitrogens with one attached hydrogen (secondary N) is 1. The lowest BCUT2D eigenvalue weighted by molar-refractivity contribution is -0.118. The normalized spacial score (nSPS) is 10.1. The van der Waals surface area contributed by atoms with Gasteiger partial charge in [0.05, 0.1) is 5.75 Å².